The zero-order chi connectivity index (χ0) is 18.4. The molecule has 0 atom stereocenters. The highest BCUT2D eigenvalue weighted by Crippen LogP contribution is 2.27. The molecule has 0 aromatic heterocycles. The van der Waals surface area contributed by atoms with Crippen LogP contribution in [0.4, 0.5) is 0 Å². The van der Waals surface area contributed by atoms with Gasteiger partial charge in [-0.1, -0.05) is 0 Å². The van der Waals surface area contributed by atoms with Crippen LogP contribution >= 0.6 is 0 Å². The second kappa shape index (κ2) is 8.05. The molecule has 0 radical (unpaired) electrons. The second-order valence-corrected chi connectivity index (χ2v) is 5.09. The van der Waals surface area contributed by atoms with Crippen molar-refractivity contribution in [3.63, 3.8) is 0 Å². The molecule has 132 valence electrons. The highest BCUT2D eigenvalue weighted by Gasteiger charge is 2.11. The quantitative estimate of drug-likeness (QED) is 0.621. The average molecular weight is 344 g/mol. The molecular weight excluding hydrogens is 324 g/mol. The number of hydrogen-bond acceptors (Lipinski definition) is 6. The number of nitrogens with zero attached hydrogens (tertiary/aromatic N) is 1. The lowest BCUT2D eigenvalue weighted by molar-refractivity contribution is 0.0954. The van der Waals surface area contributed by atoms with Crippen LogP contribution in [0.3, 0.4) is 0 Å². The molecule has 0 aliphatic heterocycles. The number of rotatable bonds is 6. The van der Waals surface area contributed by atoms with Crippen LogP contribution in [0.15, 0.2) is 41.5 Å². The molecule has 7 heteroatoms. The summed E-state index contributed by atoms with van der Waals surface area (Å²) < 4.78 is 15.3. The maximum Gasteiger partial charge on any atom is 0.271 e. The molecule has 0 saturated carbocycles. The molecule has 2 aromatic carbocycles. The predicted molar refractivity (Wildman–Crippen MR) is 93.9 cm³/mol. The van der Waals surface area contributed by atoms with Crippen LogP contribution in [0, 0.1) is 0 Å². The summed E-state index contributed by atoms with van der Waals surface area (Å²) in [6, 6.07) is 9.64. The van der Waals surface area contributed by atoms with E-state index in [2.05, 4.69) is 10.5 Å². The van der Waals surface area contributed by atoms with Crippen LogP contribution in [-0.4, -0.2) is 38.1 Å². The van der Waals surface area contributed by atoms with Crippen molar-refractivity contribution in [3.05, 3.63) is 47.5 Å². The van der Waals surface area contributed by atoms with Gasteiger partial charge in [0, 0.05) is 17.2 Å². The molecule has 25 heavy (non-hydrogen) atoms. The number of hydrogen-bond donors (Lipinski definition) is 2. The van der Waals surface area contributed by atoms with Gasteiger partial charge in [-0.3, -0.25) is 4.79 Å². The molecule has 0 saturated heterocycles. The van der Waals surface area contributed by atoms with Crippen LogP contribution in [-0.2, 0) is 0 Å². The van der Waals surface area contributed by atoms with Crippen molar-refractivity contribution in [2.45, 2.75) is 6.92 Å². The number of nitrogens with one attached hydrogen (secondary N) is 1. The van der Waals surface area contributed by atoms with E-state index in [1.165, 1.54) is 27.4 Å². The molecule has 2 N–H and O–H groups in total. The van der Waals surface area contributed by atoms with Gasteiger partial charge in [-0.15, -0.1) is 0 Å². The standard InChI is InChI=1S/C18H20N2O5/c1-11(14-7-6-13(23-2)10-15(14)21)19-20-18(22)12-5-8-16(24-3)17(9-12)25-4/h5-10,21H,1-4H3,(H,20,22). The molecule has 2 aromatic rings. The van der Waals surface area contributed by atoms with Gasteiger partial charge in [-0.2, -0.15) is 5.10 Å². The molecule has 7 nitrogen and oxygen atoms in total. The van der Waals surface area contributed by atoms with E-state index >= 15 is 0 Å². The van der Waals surface area contributed by atoms with Crippen molar-refractivity contribution < 1.29 is 24.1 Å². The summed E-state index contributed by atoms with van der Waals surface area (Å²) in [4.78, 5) is 12.2. The Kier molecular flexibility index (Phi) is 5.84. The third kappa shape index (κ3) is 4.20. The van der Waals surface area contributed by atoms with E-state index in [0.717, 1.165) is 0 Å². The van der Waals surface area contributed by atoms with Crippen molar-refractivity contribution in [2.24, 2.45) is 5.10 Å². The van der Waals surface area contributed by atoms with E-state index < -0.39 is 5.91 Å². The predicted octanol–water partition coefficient (Wildman–Crippen LogP) is 2.57. The van der Waals surface area contributed by atoms with Crippen LogP contribution < -0.4 is 19.6 Å². The van der Waals surface area contributed by atoms with E-state index in [0.29, 0.717) is 34.1 Å². The molecule has 0 heterocycles. The Morgan fingerprint density at radius 1 is 1.00 bits per heavy atom. The minimum Gasteiger partial charge on any atom is -0.507 e. The van der Waals surface area contributed by atoms with E-state index in [1.54, 1.807) is 37.3 Å². The Morgan fingerprint density at radius 2 is 1.72 bits per heavy atom. The summed E-state index contributed by atoms with van der Waals surface area (Å²) in [6.45, 7) is 1.68. The van der Waals surface area contributed by atoms with Crippen molar-refractivity contribution >= 4 is 11.6 Å². The number of phenolic OH excluding ortho intramolecular Hbond substituents is 1. The number of carbonyl (C=O) groups is 1. The van der Waals surface area contributed by atoms with Crippen molar-refractivity contribution in [3.8, 4) is 23.0 Å². The number of aromatic hydroxyl groups is 1. The molecule has 0 aliphatic carbocycles. The molecular formula is C18H20N2O5. The van der Waals surface area contributed by atoms with Crippen molar-refractivity contribution in [1.82, 2.24) is 5.43 Å². The highest BCUT2D eigenvalue weighted by atomic mass is 16.5. The maximum absolute atomic E-state index is 12.2. The summed E-state index contributed by atoms with van der Waals surface area (Å²) in [5.41, 5.74) is 3.77. The molecule has 2 rings (SSSR count). The van der Waals surface area contributed by atoms with Gasteiger partial charge in [0.25, 0.3) is 5.91 Å². The molecule has 0 bridgehead atoms. The highest BCUT2D eigenvalue weighted by molar-refractivity contribution is 6.02. The Morgan fingerprint density at radius 3 is 2.32 bits per heavy atom. The van der Waals surface area contributed by atoms with E-state index in [9.17, 15) is 9.90 Å². The monoisotopic (exact) mass is 344 g/mol. The molecule has 0 spiro atoms. The summed E-state index contributed by atoms with van der Waals surface area (Å²) in [6.07, 6.45) is 0. The normalized spacial score (nSPS) is 11.0. The van der Waals surface area contributed by atoms with Gasteiger partial charge in [0.1, 0.15) is 11.5 Å². The van der Waals surface area contributed by atoms with Gasteiger partial charge in [-0.05, 0) is 37.3 Å². The SMILES string of the molecule is COc1ccc(C(C)=NNC(=O)c2ccc(OC)c(OC)c2)c(O)c1. The maximum atomic E-state index is 12.2. The zero-order valence-electron chi connectivity index (χ0n) is 14.5. The van der Waals surface area contributed by atoms with E-state index in [1.807, 2.05) is 0 Å². The number of phenols is 1. The third-order valence-corrected chi connectivity index (χ3v) is 3.57. The van der Waals surface area contributed by atoms with Gasteiger partial charge in [0.05, 0.1) is 27.0 Å². The Labute approximate surface area is 145 Å². The lowest BCUT2D eigenvalue weighted by Gasteiger charge is -2.09. The van der Waals surface area contributed by atoms with Crippen LogP contribution in [0.25, 0.3) is 0 Å². The number of amides is 1. The number of carbonyl (C=O) groups excluding carboxylic acids is 1. The Balaban J connectivity index is 2.16. The van der Waals surface area contributed by atoms with Crippen LogP contribution in [0.1, 0.15) is 22.8 Å². The van der Waals surface area contributed by atoms with Gasteiger partial charge in [0.15, 0.2) is 11.5 Å². The third-order valence-electron chi connectivity index (χ3n) is 3.57. The summed E-state index contributed by atoms with van der Waals surface area (Å²) >= 11 is 0. The first-order valence-electron chi connectivity index (χ1n) is 7.44. The Bertz CT molecular complexity index is 802. The second-order valence-electron chi connectivity index (χ2n) is 5.09. The lowest BCUT2D eigenvalue weighted by atomic mass is 10.1. The van der Waals surface area contributed by atoms with E-state index in [-0.39, 0.29) is 5.75 Å². The van der Waals surface area contributed by atoms with Gasteiger partial charge in [-0.25, -0.2) is 5.43 Å². The summed E-state index contributed by atoms with van der Waals surface area (Å²) in [5.74, 6) is 1.11. The first-order valence-corrected chi connectivity index (χ1v) is 7.44. The number of ether oxygens (including phenoxy) is 3. The van der Waals surface area contributed by atoms with Crippen LogP contribution in [0.2, 0.25) is 0 Å². The van der Waals surface area contributed by atoms with Gasteiger partial charge >= 0.3 is 0 Å². The fraction of sp³-hybridized carbons (Fsp3) is 0.222. The largest absolute Gasteiger partial charge is 0.507 e. The zero-order valence-corrected chi connectivity index (χ0v) is 14.5. The van der Waals surface area contributed by atoms with E-state index in [4.69, 9.17) is 14.2 Å². The smallest absolute Gasteiger partial charge is 0.271 e. The van der Waals surface area contributed by atoms with Crippen molar-refractivity contribution in [2.75, 3.05) is 21.3 Å². The lowest BCUT2D eigenvalue weighted by Crippen LogP contribution is -2.19. The van der Waals surface area contributed by atoms with Gasteiger partial charge in [0.2, 0.25) is 0 Å². The molecule has 0 unspecified atom stereocenters. The molecule has 0 aliphatic rings. The summed E-state index contributed by atoms with van der Waals surface area (Å²) in [5, 5.41) is 14.0. The first-order chi connectivity index (χ1) is 12.0. The number of benzene rings is 2. The summed E-state index contributed by atoms with van der Waals surface area (Å²) in [7, 11) is 4.53. The average Bonchev–Trinajstić information content (AvgIpc) is 2.64. The molecule has 0 fully saturated rings. The topological polar surface area (TPSA) is 89.4 Å². The minimum atomic E-state index is -0.409. The van der Waals surface area contributed by atoms with Crippen molar-refractivity contribution in [1.29, 1.82) is 0 Å². The fourth-order valence-electron chi connectivity index (χ4n) is 2.18. The first kappa shape index (κ1) is 18.1. The number of methoxy groups -OCH3 is 3. The number of hydrazone groups is 1. The van der Waals surface area contributed by atoms with Gasteiger partial charge < -0.3 is 19.3 Å². The van der Waals surface area contributed by atoms with Crippen LogP contribution in [0.5, 0.6) is 23.0 Å². The molecule has 1 amide bonds. The minimum absolute atomic E-state index is 0.0148. The fourth-order valence-corrected chi connectivity index (χ4v) is 2.18. The Hall–Kier alpha value is -3.22.